The molecule has 23 heavy (non-hydrogen) atoms. The highest BCUT2D eigenvalue weighted by molar-refractivity contribution is 7.89. The van der Waals surface area contributed by atoms with Crippen molar-refractivity contribution in [1.29, 1.82) is 0 Å². The number of anilines is 1. The minimum Gasteiger partial charge on any atom is -0.462 e. The number of benzene rings is 1. The number of nitrogens with one attached hydrogen (secondary N) is 1. The molecule has 7 heteroatoms. The summed E-state index contributed by atoms with van der Waals surface area (Å²) in [5, 5.41) is 2.65. The van der Waals surface area contributed by atoms with Crippen LogP contribution in [0.25, 0.3) is 6.08 Å². The van der Waals surface area contributed by atoms with E-state index < -0.39 is 10.0 Å². The second kappa shape index (κ2) is 6.80. The molecule has 0 radical (unpaired) electrons. The number of rotatable bonds is 5. The largest absolute Gasteiger partial charge is 0.462 e. The van der Waals surface area contributed by atoms with E-state index in [1.54, 1.807) is 24.3 Å². The minimum atomic E-state index is -3.47. The summed E-state index contributed by atoms with van der Waals surface area (Å²) in [7, 11) is -0.543. The molecule has 1 aromatic carbocycles. The predicted octanol–water partition coefficient (Wildman–Crippen LogP) is 2.49. The van der Waals surface area contributed by atoms with E-state index in [4.69, 9.17) is 4.42 Å². The zero-order valence-corrected chi connectivity index (χ0v) is 13.9. The Morgan fingerprint density at radius 3 is 2.30 bits per heavy atom. The van der Waals surface area contributed by atoms with E-state index in [-0.39, 0.29) is 10.8 Å². The van der Waals surface area contributed by atoms with Crippen molar-refractivity contribution in [1.82, 2.24) is 4.31 Å². The predicted molar refractivity (Wildman–Crippen MR) is 88.4 cm³/mol. The monoisotopic (exact) mass is 334 g/mol. The van der Waals surface area contributed by atoms with Crippen LogP contribution in [0.4, 0.5) is 5.69 Å². The van der Waals surface area contributed by atoms with Crippen molar-refractivity contribution in [3.63, 3.8) is 0 Å². The van der Waals surface area contributed by atoms with Crippen molar-refractivity contribution in [3.8, 4) is 0 Å². The Hall–Kier alpha value is -2.38. The average molecular weight is 334 g/mol. The Kier molecular flexibility index (Phi) is 5.02. The van der Waals surface area contributed by atoms with Gasteiger partial charge < -0.3 is 9.73 Å². The first-order chi connectivity index (χ1) is 10.8. The zero-order chi connectivity index (χ0) is 17.0. The van der Waals surface area contributed by atoms with Crippen LogP contribution in [0.1, 0.15) is 11.5 Å². The molecule has 0 saturated carbocycles. The highest BCUT2D eigenvalue weighted by Gasteiger charge is 2.16. The number of hydrogen-bond acceptors (Lipinski definition) is 4. The lowest BCUT2D eigenvalue weighted by Gasteiger charge is -2.11. The Morgan fingerprint density at radius 1 is 1.13 bits per heavy atom. The first-order valence-corrected chi connectivity index (χ1v) is 8.31. The average Bonchev–Trinajstić information content (AvgIpc) is 2.91. The molecule has 0 fully saturated rings. The lowest BCUT2D eigenvalue weighted by Crippen LogP contribution is -2.22. The molecule has 1 amide bonds. The van der Waals surface area contributed by atoms with Crippen LogP contribution in [0.15, 0.2) is 51.8 Å². The molecule has 122 valence electrons. The molecular formula is C16H18N2O4S. The Labute approximate surface area is 135 Å². The molecule has 0 aliphatic rings. The molecule has 2 aromatic rings. The number of carbonyl (C=O) groups is 1. The van der Waals surface area contributed by atoms with Gasteiger partial charge in [-0.15, -0.1) is 0 Å². The van der Waals surface area contributed by atoms with Crippen LogP contribution in [-0.4, -0.2) is 32.7 Å². The highest BCUT2D eigenvalue weighted by Crippen LogP contribution is 2.16. The van der Waals surface area contributed by atoms with Crippen LogP contribution in [-0.2, 0) is 14.8 Å². The number of sulfonamides is 1. The van der Waals surface area contributed by atoms with Crippen LogP contribution in [0, 0.1) is 6.92 Å². The molecule has 0 aliphatic carbocycles. The van der Waals surface area contributed by atoms with E-state index in [1.807, 2.05) is 13.0 Å². The van der Waals surface area contributed by atoms with Crippen LogP contribution < -0.4 is 5.32 Å². The maximum absolute atomic E-state index is 11.9. The minimum absolute atomic E-state index is 0.169. The topological polar surface area (TPSA) is 79.6 Å². The van der Waals surface area contributed by atoms with Gasteiger partial charge in [0.1, 0.15) is 11.5 Å². The number of furan rings is 1. The van der Waals surface area contributed by atoms with Crippen molar-refractivity contribution in [2.75, 3.05) is 19.4 Å². The first kappa shape index (κ1) is 17.0. The van der Waals surface area contributed by atoms with Crippen molar-refractivity contribution < 1.29 is 17.6 Å². The number of aryl methyl sites for hydroxylation is 1. The van der Waals surface area contributed by atoms with Gasteiger partial charge in [-0.3, -0.25) is 4.79 Å². The normalized spacial score (nSPS) is 12.0. The molecule has 2 rings (SSSR count). The fourth-order valence-electron chi connectivity index (χ4n) is 1.81. The molecule has 6 nitrogen and oxygen atoms in total. The summed E-state index contributed by atoms with van der Waals surface area (Å²) >= 11 is 0. The summed E-state index contributed by atoms with van der Waals surface area (Å²) in [4.78, 5) is 12.0. The number of nitrogens with zero attached hydrogens (tertiary/aromatic N) is 1. The van der Waals surface area contributed by atoms with Gasteiger partial charge >= 0.3 is 0 Å². The summed E-state index contributed by atoms with van der Waals surface area (Å²) in [6.07, 6.45) is 2.91. The van der Waals surface area contributed by atoms with Gasteiger partial charge in [-0.2, -0.15) is 0 Å². The number of hydrogen-bond donors (Lipinski definition) is 1. The zero-order valence-electron chi connectivity index (χ0n) is 13.1. The smallest absolute Gasteiger partial charge is 0.248 e. The highest BCUT2D eigenvalue weighted by atomic mass is 32.2. The summed E-state index contributed by atoms with van der Waals surface area (Å²) in [6.45, 7) is 1.82. The van der Waals surface area contributed by atoms with Crippen molar-refractivity contribution >= 4 is 27.7 Å². The quantitative estimate of drug-likeness (QED) is 0.852. The van der Waals surface area contributed by atoms with Gasteiger partial charge in [0, 0.05) is 25.9 Å². The second-order valence-electron chi connectivity index (χ2n) is 5.08. The maximum atomic E-state index is 11.9. The van der Waals surface area contributed by atoms with E-state index in [0.717, 1.165) is 10.1 Å². The summed E-state index contributed by atoms with van der Waals surface area (Å²) < 4.78 is 30.3. The molecule has 0 atom stereocenters. The van der Waals surface area contributed by atoms with Crippen molar-refractivity contribution in [2.45, 2.75) is 11.8 Å². The SMILES string of the molecule is Cc1ccc(C=CC(=O)Nc2ccc(S(=O)(=O)N(C)C)cc2)o1. The number of amides is 1. The Balaban J connectivity index is 2.03. The van der Waals surface area contributed by atoms with Gasteiger partial charge in [-0.05, 0) is 49.4 Å². The summed E-state index contributed by atoms with van der Waals surface area (Å²) in [5.74, 6) is 1.02. The van der Waals surface area contributed by atoms with Gasteiger partial charge in [0.2, 0.25) is 15.9 Å². The van der Waals surface area contributed by atoms with Crippen LogP contribution in [0.2, 0.25) is 0 Å². The van der Waals surface area contributed by atoms with Crippen LogP contribution >= 0.6 is 0 Å². The van der Waals surface area contributed by atoms with Crippen molar-refractivity contribution in [3.05, 3.63) is 54.0 Å². The van der Waals surface area contributed by atoms with Gasteiger partial charge in [0.25, 0.3) is 0 Å². The van der Waals surface area contributed by atoms with E-state index in [0.29, 0.717) is 11.4 Å². The van der Waals surface area contributed by atoms with Crippen LogP contribution in [0.3, 0.4) is 0 Å². The summed E-state index contributed by atoms with van der Waals surface area (Å²) in [6, 6.07) is 9.55. The molecule has 0 spiro atoms. The molecule has 0 aliphatic heterocycles. The fraction of sp³-hybridized carbons (Fsp3) is 0.188. The van der Waals surface area contributed by atoms with Crippen LogP contribution in [0.5, 0.6) is 0 Å². The van der Waals surface area contributed by atoms with Gasteiger partial charge in [-0.25, -0.2) is 12.7 Å². The number of carbonyl (C=O) groups excluding carboxylic acids is 1. The first-order valence-electron chi connectivity index (χ1n) is 6.87. The van der Waals surface area contributed by atoms with Gasteiger partial charge in [0.05, 0.1) is 4.90 Å². The standard InChI is InChI=1S/C16H18N2O4S/c1-12-4-7-14(22-12)8-11-16(19)17-13-5-9-15(10-6-13)23(20,21)18(2)3/h4-11H,1-3H3,(H,17,19). The molecule has 1 heterocycles. The lowest BCUT2D eigenvalue weighted by atomic mass is 10.3. The third-order valence-corrected chi connectivity index (χ3v) is 4.89. The fourth-order valence-corrected chi connectivity index (χ4v) is 2.71. The molecule has 0 unspecified atom stereocenters. The molecule has 0 saturated heterocycles. The summed E-state index contributed by atoms with van der Waals surface area (Å²) in [5.41, 5.74) is 0.507. The Bertz CT molecular complexity index is 818. The van der Waals surface area contributed by atoms with Crippen molar-refractivity contribution in [2.24, 2.45) is 0 Å². The van der Waals surface area contributed by atoms with E-state index in [9.17, 15) is 13.2 Å². The van der Waals surface area contributed by atoms with Gasteiger partial charge in [-0.1, -0.05) is 0 Å². The maximum Gasteiger partial charge on any atom is 0.248 e. The van der Waals surface area contributed by atoms with E-state index >= 15 is 0 Å². The molecule has 0 bridgehead atoms. The lowest BCUT2D eigenvalue weighted by molar-refractivity contribution is -0.111. The third-order valence-electron chi connectivity index (χ3n) is 3.06. The van der Waals surface area contributed by atoms with Gasteiger partial charge in [0.15, 0.2) is 0 Å². The molecule has 1 N–H and O–H groups in total. The van der Waals surface area contributed by atoms with E-state index in [1.165, 1.54) is 32.3 Å². The second-order valence-corrected chi connectivity index (χ2v) is 7.23. The molecular weight excluding hydrogens is 316 g/mol. The van der Waals surface area contributed by atoms with E-state index in [2.05, 4.69) is 5.32 Å². The molecule has 1 aromatic heterocycles. The Morgan fingerprint density at radius 2 is 1.78 bits per heavy atom. The third kappa shape index (κ3) is 4.30.